The quantitative estimate of drug-likeness (QED) is 0.276. The van der Waals surface area contributed by atoms with Gasteiger partial charge < -0.3 is 19.3 Å². The Labute approximate surface area is 215 Å². The molecule has 2 heterocycles. The van der Waals surface area contributed by atoms with Gasteiger partial charge in [-0.3, -0.25) is 14.5 Å². The van der Waals surface area contributed by atoms with Crippen LogP contribution in [0.2, 0.25) is 0 Å². The molecule has 3 aromatic rings. The van der Waals surface area contributed by atoms with E-state index in [1.807, 2.05) is 32.0 Å². The van der Waals surface area contributed by atoms with Crippen molar-refractivity contribution in [3.05, 3.63) is 89.0 Å². The van der Waals surface area contributed by atoms with Gasteiger partial charge in [-0.2, -0.15) is 0 Å². The van der Waals surface area contributed by atoms with Crippen LogP contribution in [0.15, 0.2) is 72.3 Å². The van der Waals surface area contributed by atoms with Crippen LogP contribution in [-0.2, 0) is 16.0 Å². The van der Waals surface area contributed by atoms with Crippen LogP contribution in [0.4, 0.5) is 5.69 Å². The van der Waals surface area contributed by atoms with E-state index in [0.717, 1.165) is 24.2 Å². The molecule has 190 valence electrons. The van der Waals surface area contributed by atoms with Gasteiger partial charge in [-0.05, 0) is 80.3 Å². The Bertz CT molecular complexity index is 1380. The standard InChI is InChI=1S/C30H29NO6/c1-18(2)37-23-12-9-19(10-13-23)27-26(28(32)21-11-14-25-20(16-21)6-5-15-36-25)29(33)30(34)31(27)22-7-4-8-24(17-22)35-3/h4,7-14,16-18,27,32H,5-6,15H2,1-3H3/b28-26-. The van der Waals surface area contributed by atoms with Gasteiger partial charge in [0.1, 0.15) is 23.0 Å². The van der Waals surface area contributed by atoms with Crippen LogP contribution in [0, 0.1) is 0 Å². The predicted octanol–water partition coefficient (Wildman–Crippen LogP) is 5.43. The SMILES string of the molecule is COc1cccc(N2C(=O)C(=O)/C(=C(\O)c3ccc4c(c3)CCCO4)C2c2ccc(OC(C)C)cc2)c1. The molecule has 2 aliphatic rings. The number of aliphatic hydroxyl groups excluding tert-OH is 1. The predicted molar refractivity (Wildman–Crippen MR) is 140 cm³/mol. The molecule has 0 aliphatic carbocycles. The highest BCUT2D eigenvalue weighted by Gasteiger charge is 2.47. The van der Waals surface area contributed by atoms with Crippen molar-refractivity contribution in [1.82, 2.24) is 0 Å². The van der Waals surface area contributed by atoms with Crippen LogP contribution in [0.5, 0.6) is 17.2 Å². The third-order valence-electron chi connectivity index (χ3n) is 6.53. The summed E-state index contributed by atoms with van der Waals surface area (Å²) < 4.78 is 16.8. The van der Waals surface area contributed by atoms with Crippen molar-refractivity contribution in [1.29, 1.82) is 0 Å². The summed E-state index contributed by atoms with van der Waals surface area (Å²) in [5.41, 5.74) is 2.62. The topological polar surface area (TPSA) is 85.3 Å². The zero-order chi connectivity index (χ0) is 26.1. The van der Waals surface area contributed by atoms with Crippen molar-refractivity contribution in [2.45, 2.75) is 38.8 Å². The number of Topliss-reactive ketones (excluding diaryl/α,β-unsaturated/α-hetero) is 1. The lowest BCUT2D eigenvalue weighted by molar-refractivity contribution is -0.132. The number of carbonyl (C=O) groups excluding carboxylic acids is 2. The van der Waals surface area contributed by atoms with E-state index < -0.39 is 17.7 Å². The molecule has 0 spiro atoms. The molecule has 1 amide bonds. The molecule has 7 heteroatoms. The van der Waals surface area contributed by atoms with Gasteiger partial charge in [0, 0.05) is 17.3 Å². The summed E-state index contributed by atoms with van der Waals surface area (Å²) in [6.45, 7) is 4.53. The molecular weight excluding hydrogens is 470 g/mol. The first-order chi connectivity index (χ1) is 17.9. The van der Waals surface area contributed by atoms with Crippen LogP contribution < -0.4 is 19.1 Å². The van der Waals surface area contributed by atoms with E-state index in [1.54, 1.807) is 48.5 Å². The smallest absolute Gasteiger partial charge is 0.300 e. The fourth-order valence-electron chi connectivity index (χ4n) is 4.84. The maximum atomic E-state index is 13.5. The third-order valence-corrected chi connectivity index (χ3v) is 6.53. The monoisotopic (exact) mass is 499 g/mol. The van der Waals surface area contributed by atoms with Gasteiger partial charge in [-0.15, -0.1) is 0 Å². The average Bonchev–Trinajstić information content (AvgIpc) is 3.18. The third kappa shape index (κ3) is 4.65. The van der Waals surface area contributed by atoms with Gasteiger partial charge in [0.25, 0.3) is 11.7 Å². The van der Waals surface area contributed by atoms with E-state index in [4.69, 9.17) is 14.2 Å². The number of ketones is 1. The van der Waals surface area contributed by atoms with Gasteiger partial charge in [0.15, 0.2) is 0 Å². The average molecular weight is 500 g/mol. The molecule has 0 aromatic heterocycles. The minimum absolute atomic E-state index is 0.00116. The van der Waals surface area contributed by atoms with Gasteiger partial charge in [-0.1, -0.05) is 18.2 Å². The fourth-order valence-corrected chi connectivity index (χ4v) is 4.84. The van der Waals surface area contributed by atoms with Gasteiger partial charge in [0.2, 0.25) is 0 Å². The Morgan fingerprint density at radius 2 is 1.81 bits per heavy atom. The molecule has 7 nitrogen and oxygen atoms in total. The van der Waals surface area contributed by atoms with Crippen molar-refractivity contribution in [3.63, 3.8) is 0 Å². The molecular formula is C30H29NO6. The number of methoxy groups -OCH3 is 1. The lowest BCUT2D eigenvalue weighted by Crippen LogP contribution is -2.29. The maximum Gasteiger partial charge on any atom is 0.300 e. The Balaban J connectivity index is 1.66. The highest BCUT2D eigenvalue weighted by Crippen LogP contribution is 2.43. The molecule has 0 radical (unpaired) electrons. The second-order valence-corrected chi connectivity index (χ2v) is 9.38. The molecule has 1 saturated heterocycles. The highest BCUT2D eigenvalue weighted by molar-refractivity contribution is 6.51. The lowest BCUT2D eigenvalue weighted by atomic mass is 9.93. The van der Waals surface area contributed by atoms with Crippen molar-refractivity contribution in [2.75, 3.05) is 18.6 Å². The first-order valence-electron chi connectivity index (χ1n) is 12.3. The molecule has 1 fully saturated rings. The first-order valence-corrected chi connectivity index (χ1v) is 12.3. The summed E-state index contributed by atoms with van der Waals surface area (Å²) >= 11 is 0. The summed E-state index contributed by atoms with van der Waals surface area (Å²) in [4.78, 5) is 28.3. The summed E-state index contributed by atoms with van der Waals surface area (Å²) in [5, 5.41) is 11.5. The maximum absolute atomic E-state index is 13.5. The Morgan fingerprint density at radius 3 is 2.54 bits per heavy atom. The number of rotatable bonds is 6. The van der Waals surface area contributed by atoms with Crippen molar-refractivity contribution >= 4 is 23.1 Å². The molecule has 5 rings (SSSR count). The molecule has 1 N–H and O–H groups in total. The second-order valence-electron chi connectivity index (χ2n) is 9.38. The largest absolute Gasteiger partial charge is 0.507 e. The number of amides is 1. The van der Waals surface area contributed by atoms with Gasteiger partial charge >= 0.3 is 0 Å². The van der Waals surface area contributed by atoms with Crippen LogP contribution >= 0.6 is 0 Å². The van der Waals surface area contributed by atoms with Crippen LogP contribution in [0.1, 0.15) is 43.0 Å². The number of hydrogen-bond acceptors (Lipinski definition) is 6. The molecule has 0 bridgehead atoms. The number of fused-ring (bicyclic) bond motifs is 1. The number of aryl methyl sites for hydroxylation is 1. The summed E-state index contributed by atoms with van der Waals surface area (Å²) in [6, 6.07) is 18.7. The van der Waals surface area contributed by atoms with E-state index >= 15 is 0 Å². The fraction of sp³-hybridized carbons (Fsp3) is 0.267. The van der Waals surface area contributed by atoms with Crippen LogP contribution in [-0.4, -0.2) is 36.6 Å². The van der Waals surface area contributed by atoms with Gasteiger partial charge in [-0.25, -0.2) is 0 Å². The summed E-state index contributed by atoms with van der Waals surface area (Å²) in [5.74, 6) is 0.312. The van der Waals surface area contributed by atoms with Crippen molar-refractivity contribution in [3.8, 4) is 17.2 Å². The Hall–Kier alpha value is -4.26. The molecule has 1 atom stereocenters. The first kappa shape index (κ1) is 24.4. The second kappa shape index (κ2) is 10.0. The summed E-state index contributed by atoms with van der Waals surface area (Å²) in [7, 11) is 1.54. The minimum Gasteiger partial charge on any atom is -0.507 e. The minimum atomic E-state index is -0.840. The lowest BCUT2D eigenvalue weighted by Gasteiger charge is -2.26. The van der Waals surface area contributed by atoms with Gasteiger partial charge in [0.05, 0.1) is 31.4 Å². The molecule has 0 saturated carbocycles. The van der Waals surface area contributed by atoms with E-state index in [0.29, 0.717) is 34.9 Å². The zero-order valence-corrected chi connectivity index (χ0v) is 21.1. The van der Waals surface area contributed by atoms with E-state index in [2.05, 4.69) is 0 Å². The Morgan fingerprint density at radius 1 is 1.03 bits per heavy atom. The molecule has 2 aliphatic heterocycles. The van der Waals surface area contributed by atoms with Crippen LogP contribution in [0.25, 0.3) is 5.76 Å². The molecule has 1 unspecified atom stereocenters. The summed E-state index contributed by atoms with van der Waals surface area (Å²) in [6.07, 6.45) is 1.69. The Kier molecular flexibility index (Phi) is 6.61. The number of aliphatic hydroxyl groups is 1. The number of nitrogens with zero attached hydrogens (tertiary/aromatic N) is 1. The zero-order valence-electron chi connectivity index (χ0n) is 21.1. The number of ether oxygens (including phenoxy) is 3. The van der Waals surface area contributed by atoms with E-state index in [-0.39, 0.29) is 17.4 Å². The van der Waals surface area contributed by atoms with E-state index in [9.17, 15) is 14.7 Å². The highest BCUT2D eigenvalue weighted by atomic mass is 16.5. The number of benzene rings is 3. The molecule has 37 heavy (non-hydrogen) atoms. The van der Waals surface area contributed by atoms with Crippen LogP contribution in [0.3, 0.4) is 0 Å². The number of hydrogen-bond donors (Lipinski definition) is 1. The van der Waals surface area contributed by atoms with E-state index in [1.165, 1.54) is 12.0 Å². The number of anilines is 1. The van der Waals surface area contributed by atoms with Crippen molar-refractivity contribution in [2.24, 2.45) is 0 Å². The normalized spacial score (nSPS) is 18.5. The molecule has 3 aromatic carbocycles. The van der Waals surface area contributed by atoms with Crippen molar-refractivity contribution < 1.29 is 28.9 Å². The number of carbonyl (C=O) groups is 2.